The molecular formula is C22H33IN4O2S. The smallest absolute Gasteiger partial charge is 0.191 e. The van der Waals surface area contributed by atoms with Crippen molar-refractivity contribution in [3.8, 4) is 5.75 Å². The van der Waals surface area contributed by atoms with Crippen LogP contribution in [0.4, 0.5) is 0 Å². The maximum atomic E-state index is 6.09. The molecule has 1 fully saturated rings. The summed E-state index contributed by atoms with van der Waals surface area (Å²) >= 11 is 1.73. The van der Waals surface area contributed by atoms with Crippen LogP contribution >= 0.6 is 35.3 Å². The van der Waals surface area contributed by atoms with Crippen LogP contribution in [-0.4, -0.2) is 43.9 Å². The quantitative estimate of drug-likeness (QED) is 0.214. The van der Waals surface area contributed by atoms with Crippen molar-refractivity contribution in [2.75, 3.05) is 26.8 Å². The highest BCUT2D eigenvalue weighted by Gasteiger charge is 2.17. The summed E-state index contributed by atoms with van der Waals surface area (Å²) in [4.78, 5) is 8.84. The Morgan fingerprint density at radius 3 is 2.90 bits per heavy atom. The molecular weight excluding hydrogens is 511 g/mol. The number of aryl methyl sites for hydroxylation is 3. The third-order valence-electron chi connectivity index (χ3n) is 4.87. The molecule has 2 aromatic rings. The minimum absolute atomic E-state index is 0. The van der Waals surface area contributed by atoms with E-state index in [-0.39, 0.29) is 30.1 Å². The van der Waals surface area contributed by atoms with E-state index in [2.05, 4.69) is 51.1 Å². The van der Waals surface area contributed by atoms with Crippen LogP contribution < -0.4 is 15.4 Å². The summed E-state index contributed by atoms with van der Waals surface area (Å²) in [5.74, 6) is 1.72. The van der Waals surface area contributed by atoms with Crippen LogP contribution in [0, 0.1) is 13.8 Å². The molecule has 0 aliphatic carbocycles. The van der Waals surface area contributed by atoms with Crippen molar-refractivity contribution in [3.05, 3.63) is 45.4 Å². The molecule has 2 heterocycles. The number of benzene rings is 1. The fourth-order valence-electron chi connectivity index (χ4n) is 3.26. The second-order valence-electron chi connectivity index (χ2n) is 7.40. The van der Waals surface area contributed by atoms with Gasteiger partial charge in [-0.25, -0.2) is 4.98 Å². The molecule has 1 atom stereocenters. The summed E-state index contributed by atoms with van der Waals surface area (Å²) in [7, 11) is 1.80. The standard InChI is InChI=1S/C22H32N4O2S.HI/c1-16-8-9-18(20(12-16)28-14-19-6-5-11-27-19)13-25-22(23-3)24-10-4-7-21-26-17(2)15-29-21;/h8-9,12,15,19H,4-7,10-11,13-14H2,1-3H3,(H2,23,24,25);1H. The third-order valence-corrected chi connectivity index (χ3v) is 5.89. The number of nitrogens with zero attached hydrogens (tertiary/aromatic N) is 2. The first-order chi connectivity index (χ1) is 14.1. The van der Waals surface area contributed by atoms with E-state index in [0.29, 0.717) is 13.2 Å². The van der Waals surface area contributed by atoms with Gasteiger partial charge in [0.15, 0.2) is 5.96 Å². The number of halogens is 1. The summed E-state index contributed by atoms with van der Waals surface area (Å²) in [6, 6.07) is 6.32. The van der Waals surface area contributed by atoms with Gasteiger partial charge in [0.05, 0.1) is 11.1 Å². The lowest BCUT2D eigenvalue weighted by atomic mass is 10.1. The van der Waals surface area contributed by atoms with Crippen molar-refractivity contribution >= 4 is 41.3 Å². The van der Waals surface area contributed by atoms with Crippen molar-refractivity contribution in [2.24, 2.45) is 4.99 Å². The number of aliphatic imine (C=N–C) groups is 1. The second kappa shape index (κ2) is 13.1. The summed E-state index contributed by atoms with van der Waals surface area (Å²) < 4.78 is 11.8. The van der Waals surface area contributed by atoms with Crippen LogP contribution in [0.1, 0.15) is 41.1 Å². The normalized spacial score (nSPS) is 16.2. The monoisotopic (exact) mass is 544 g/mol. The zero-order valence-electron chi connectivity index (χ0n) is 18.1. The van der Waals surface area contributed by atoms with Crippen LogP contribution in [0.2, 0.25) is 0 Å². The number of guanidine groups is 1. The number of nitrogens with one attached hydrogen (secondary N) is 2. The predicted molar refractivity (Wildman–Crippen MR) is 134 cm³/mol. The van der Waals surface area contributed by atoms with Crippen molar-refractivity contribution in [2.45, 2.75) is 52.2 Å². The Hall–Kier alpha value is -1.39. The number of aromatic nitrogens is 1. The van der Waals surface area contributed by atoms with E-state index in [1.807, 2.05) is 6.92 Å². The van der Waals surface area contributed by atoms with Crippen LogP contribution in [0.5, 0.6) is 5.75 Å². The lowest BCUT2D eigenvalue weighted by Gasteiger charge is -2.17. The largest absolute Gasteiger partial charge is 0.491 e. The summed E-state index contributed by atoms with van der Waals surface area (Å²) in [5, 5.41) is 10.1. The maximum absolute atomic E-state index is 6.09. The molecule has 1 aliphatic rings. The highest BCUT2D eigenvalue weighted by Crippen LogP contribution is 2.22. The van der Waals surface area contributed by atoms with Crippen molar-refractivity contribution in [3.63, 3.8) is 0 Å². The summed E-state index contributed by atoms with van der Waals surface area (Å²) in [6.45, 7) is 7.09. The van der Waals surface area contributed by atoms with E-state index in [1.165, 1.54) is 10.6 Å². The predicted octanol–water partition coefficient (Wildman–Crippen LogP) is 4.23. The number of hydrogen-bond acceptors (Lipinski definition) is 5. The third kappa shape index (κ3) is 8.03. The van der Waals surface area contributed by atoms with Gasteiger partial charge in [0, 0.05) is 49.8 Å². The molecule has 0 bridgehead atoms. The van der Waals surface area contributed by atoms with Crippen LogP contribution in [0.15, 0.2) is 28.6 Å². The number of rotatable bonds is 9. The zero-order chi connectivity index (χ0) is 20.5. The average molecular weight is 545 g/mol. The van der Waals surface area contributed by atoms with Gasteiger partial charge in [-0.15, -0.1) is 35.3 Å². The lowest BCUT2D eigenvalue weighted by Crippen LogP contribution is -2.37. The van der Waals surface area contributed by atoms with Gasteiger partial charge >= 0.3 is 0 Å². The van der Waals surface area contributed by atoms with E-state index in [9.17, 15) is 0 Å². The Morgan fingerprint density at radius 2 is 2.20 bits per heavy atom. The van der Waals surface area contributed by atoms with E-state index in [1.54, 1.807) is 18.4 Å². The van der Waals surface area contributed by atoms with E-state index in [4.69, 9.17) is 9.47 Å². The molecule has 0 saturated carbocycles. The van der Waals surface area contributed by atoms with Gasteiger partial charge in [0.2, 0.25) is 0 Å². The zero-order valence-corrected chi connectivity index (χ0v) is 21.2. The van der Waals surface area contributed by atoms with Crippen LogP contribution in [0.3, 0.4) is 0 Å². The van der Waals surface area contributed by atoms with Gasteiger partial charge in [-0.05, 0) is 44.7 Å². The molecule has 166 valence electrons. The molecule has 0 spiro atoms. The van der Waals surface area contributed by atoms with Gasteiger partial charge in [-0.1, -0.05) is 12.1 Å². The lowest BCUT2D eigenvalue weighted by molar-refractivity contribution is 0.0676. The molecule has 0 radical (unpaired) electrons. The number of ether oxygens (including phenoxy) is 2. The Kier molecular flexibility index (Phi) is 10.9. The van der Waals surface area contributed by atoms with E-state index >= 15 is 0 Å². The van der Waals surface area contributed by atoms with Crippen LogP contribution in [-0.2, 0) is 17.7 Å². The van der Waals surface area contributed by atoms with Gasteiger partial charge in [0.1, 0.15) is 12.4 Å². The molecule has 6 nitrogen and oxygen atoms in total. The molecule has 30 heavy (non-hydrogen) atoms. The summed E-state index contributed by atoms with van der Waals surface area (Å²) in [5.41, 5.74) is 3.41. The fraction of sp³-hybridized carbons (Fsp3) is 0.545. The first-order valence-electron chi connectivity index (χ1n) is 10.3. The van der Waals surface area contributed by atoms with Crippen molar-refractivity contribution in [1.82, 2.24) is 15.6 Å². The number of thiazole rings is 1. The highest BCUT2D eigenvalue weighted by atomic mass is 127. The first-order valence-corrected chi connectivity index (χ1v) is 11.2. The second-order valence-corrected chi connectivity index (χ2v) is 8.34. The van der Waals surface area contributed by atoms with E-state index < -0.39 is 0 Å². The Balaban J connectivity index is 0.00000320. The van der Waals surface area contributed by atoms with Gasteiger partial charge in [-0.3, -0.25) is 4.99 Å². The van der Waals surface area contributed by atoms with Crippen molar-refractivity contribution < 1.29 is 9.47 Å². The number of hydrogen-bond donors (Lipinski definition) is 2. The van der Waals surface area contributed by atoms with E-state index in [0.717, 1.165) is 61.8 Å². The minimum Gasteiger partial charge on any atom is -0.491 e. The van der Waals surface area contributed by atoms with Gasteiger partial charge < -0.3 is 20.1 Å². The first kappa shape index (κ1) is 24.9. The SMILES string of the molecule is CN=C(NCCCc1nc(C)cs1)NCc1ccc(C)cc1OCC1CCCO1.I. The minimum atomic E-state index is 0. The maximum Gasteiger partial charge on any atom is 0.191 e. The molecule has 1 aromatic carbocycles. The molecule has 2 N–H and O–H groups in total. The van der Waals surface area contributed by atoms with Crippen LogP contribution in [0.25, 0.3) is 0 Å². The molecule has 1 aliphatic heterocycles. The molecule has 1 saturated heterocycles. The molecule has 8 heteroatoms. The topological polar surface area (TPSA) is 67.8 Å². The summed E-state index contributed by atoms with van der Waals surface area (Å²) in [6.07, 6.45) is 4.43. The molecule has 1 unspecified atom stereocenters. The highest BCUT2D eigenvalue weighted by molar-refractivity contribution is 14.0. The van der Waals surface area contributed by atoms with Crippen molar-refractivity contribution in [1.29, 1.82) is 0 Å². The Bertz CT molecular complexity index is 806. The van der Waals surface area contributed by atoms with Gasteiger partial charge in [0.25, 0.3) is 0 Å². The fourth-order valence-corrected chi connectivity index (χ4v) is 4.08. The molecule has 1 aromatic heterocycles. The molecule has 3 rings (SSSR count). The molecule has 0 amide bonds. The average Bonchev–Trinajstić information content (AvgIpc) is 3.38. The van der Waals surface area contributed by atoms with Gasteiger partial charge in [-0.2, -0.15) is 0 Å². The Labute approximate surface area is 200 Å². The Morgan fingerprint density at radius 1 is 1.33 bits per heavy atom.